The van der Waals surface area contributed by atoms with Crippen molar-refractivity contribution in [2.45, 2.75) is 58.9 Å². The van der Waals surface area contributed by atoms with Gasteiger partial charge in [0.15, 0.2) is 0 Å². The first-order chi connectivity index (χ1) is 15.6. The minimum absolute atomic E-state index is 0.0138. The van der Waals surface area contributed by atoms with Gasteiger partial charge in [0, 0.05) is 36.7 Å². The first-order valence-corrected chi connectivity index (χ1v) is 12.8. The maximum absolute atomic E-state index is 13.8. The van der Waals surface area contributed by atoms with Gasteiger partial charge in [-0.2, -0.15) is 4.31 Å². The standard InChI is InChI=1S/C24H33N3O5S/c1-6-27-17(4)21(24(29)32-7-2)22(18(27)5)33(30,31)26-13-9-11-19(15-26)23(28)25-20-12-8-10-16(3)14-20/h8,10,12,14,19H,6-7,9,11,13,15H2,1-5H3,(H,25,28)/t19-/m0/s1. The minimum atomic E-state index is -4.01. The molecule has 9 heteroatoms. The van der Waals surface area contributed by atoms with Gasteiger partial charge in [0.2, 0.25) is 15.9 Å². The highest BCUT2D eigenvalue weighted by atomic mass is 32.2. The van der Waals surface area contributed by atoms with Crippen LogP contribution in [0.2, 0.25) is 0 Å². The lowest BCUT2D eigenvalue weighted by atomic mass is 9.98. The molecule has 8 nitrogen and oxygen atoms in total. The molecule has 0 aliphatic carbocycles. The Morgan fingerprint density at radius 3 is 2.52 bits per heavy atom. The van der Waals surface area contributed by atoms with E-state index in [4.69, 9.17) is 4.74 Å². The smallest absolute Gasteiger partial charge is 0.341 e. The van der Waals surface area contributed by atoms with Crippen molar-refractivity contribution < 1.29 is 22.7 Å². The van der Waals surface area contributed by atoms with Crippen LogP contribution in [0.5, 0.6) is 0 Å². The van der Waals surface area contributed by atoms with Gasteiger partial charge in [0.25, 0.3) is 0 Å². The number of ether oxygens (including phenoxy) is 1. The molecule has 33 heavy (non-hydrogen) atoms. The lowest BCUT2D eigenvalue weighted by Gasteiger charge is -2.31. The average Bonchev–Trinajstić information content (AvgIpc) is 3.04. The van der Waals surface area contributed by atoms with E-state index >= 15 is 0 Å². The van der Waals surface area contributed by atoms with Gasteiger partial charge >= 0.3 is 5.97 Å². The summed E-state index contributed by atoms with van der Waals surface area (Å²) in [5, 5.41) is 2.91. The summed E-state index contributed by atoms with van der Waals surface area (Å²) < 4.78 is 35.9. The highest BCUT2D eigenvalue weighted by molar-refractivity contribution is 7.89. The lowest BCUT2D eigenvalue weighted by Crippen LogP contribution is -2.44. The Morgan fingerprint density at radius 1 is 1.15 bits per heavy atom. The molecule has 1 fully saturated rings. The molecule has 3 rings (SSSR count). The van der Waals surface area contributed by atoms with Crippen LogP contribution in [0.15, 0.2) is 29.2 Å². The molecule has 2 aromatic rings. The number of esters is 1. The number of amides is 1. The summed E-state index contributed by atoms with van der Waals surface area (Å²) >= 11 is 0. The second-order valence-electron chi connectivity index (χ2n) is 8.40. The monoisotopic (exact) mass is 475 g/mol. The number of hydrogen-bond donors (Lipinski definition) is 1. The van der Waals surface area contributed by atoms with E-state index in [2.05, 4.69) is 5.32 Å². The highest BCUT2D eigenvalue weighted by Gasteiger charge is 2.39. The molecule has 0 saturated carbocycles. The van der Waals surface area contributed by atoms with Crippen LogP contribution in [0.3, 0.4) is 0 Å². The van der Waals surface area contributed by atoms with Crippen molar-refractivity contribution in [2.24, 2.45) is 5.92 Å². The van der Waals surface area contributed by atoms with Crippen molar-refractivity contribution in [3.05, 3.63) is 46.8 Å². The maximum Gasteiger partial charge on any atom is 0.341 e. The van der Waals surface area contributed by atoms with Crippen molar-refractivity contribution in [3.8, 4) is 0 Å². The van der Waals surface area contributed by atoms with Crippen molar-refractivity contribution in [1.82, 2.24) is 8.87 Å². The number of nitrogens with zero attached hydrogens (tertiary/aromatic N) is 2. The summed E-state index contributed by atoms with van der Waals surface area (Å²) in [6, 6.07) is 7.50. The Bertz CT molecular complexity index is 1150. The van der Waals surface area contributed by atoms with E-state index in [1.54, 1.807) is 20.8 Å². The summed E-state index contributed by atoms with van der Waals surface area (Å²) in [6.07, 6.45) is 1.16. The number of benzene rings is 1. The molecule has 0 unspecified atom stereocenters. The van der Waals surface area contributed by atoms with Gasteiger partial charge in [-0.25, -0.2) is 13.2 Å². The average molecular weight is 476 g/mol. The van der Waals surface area contributed by atoms with Gasteiger partial charge in [0.05, 0.1) is 12.5 Å². The predicted molar refractivity (Wildman–Crippen MR) is 127 cm³/mol. The van der Waals surface area contributed by atoms with Crippen molar-refractivity contribution in [1.29, 1.82) is 0 Å². The Morgan fingerprint density at radius 2 is 1.88 bits per heavy atom. The summed E-state index contributed by atoms with van der Waals surface area (Å²) in [5.41, 5.74) is 2.87. The van der Waals surface area contributed by atoms with E-state index in [1.165, 1.54) is 4.31 Å². The third-order valence-corrected chi connectivity index (χ3v) is 8.19. The van der Waals surface area contributed by atoms with E-state index in [-0.39, 0.29) is 29.5 Å². The zero-order valence-electron chi connectivity index (χ0n) is 20.0. The molecule has 0 radical (unpaired) electrons. The molecule has 1 aromatic heterocycles. The number of nitrogens with one attached hydrogen (secondary N) is 1. The van der Waals surface area contributed by atoms with Gasteiger partial charge in [-0.15, -0.1) is 0 Å². The second-order valence-corrected chi connectivity index (χ2v) is 10.3. The third-order valence-electron chi connectivity index (χ3n) is 6.16. The van der Waals surface area contributed by atoms with E-state index < -0.39 is 21.9 Å². The number of carbonyl (C=O) groups is 2. The number of rotatable bonds is 7. The summed E-state index contributed by atoms with van der Waals surface area (Å²) in [6.45, 7) is 10.0. The van der Waals surface area contributed by atoms with Crippen molar-refractivity contribution >= 4 is 27.6 Å². The first-order valence-electron chi connectivity index (χ1n) is 11.4. The van der Waals surface area contributed by atoms with Crippen LogP contribution in [0.4, 0.5) is 5.69 Å². The number of hydrogen-bond acceptors (Lipinski definition) is 5. The van der Waals surface area contributed by atoms with Gasteiger partial charge in [-0.3, -0.25) is 4.79 Å². The van der Waals surface area contributed by atoms with E-state index in [0.717, 1.165) is 5.56 Å². The molecule has 0 spiro atoms. The number of carbonyl (C=O) groups excluding carboxylic acids is 2. The Kier molecular flexibility index (Phi) is 7.64. The SMILES string of the molecule is CCOC(=O)c1c(S(=O)(=O)N2CCC[C@H](C(=O)Nc3cccc(C)c3)C2)c(C)n(CC)c1C. The zero-order valence-corrected chi connectivity index (χ0v) is 20.8. The van der Waals surface area contributed by atoms with Gasteiger partial charge in [-0.05, 0) is 65.2 Å². The van der Waals surface area contributed by atoms with Crippen LogP contribution in [0.1, 0.15) is 54.0 Å². The molecule has 0 bridgehead atoms. The number of sulfonamides is 1. The molecule has 2 heterocycles. The normalized spacial score (nSPS) is 17.1. The summed E-state index contributed by atoms with van der Waals surface area (Å²) in [4.78, 5) is 25.6. The first kappa shape index (κ1) is 25.0. The molecular formula is C24H33N3O5S. The summed E-state index contributed by atoms with van der Waals surface area (Å²) in [5.74, 6) is -1.32. The number of piperidine rings is 1. The fourth-order valence-corrected chi connectivity index (χ4v) is 6.54. The van der Waals surface area contributed by atoms with Gasteiger partial charge in [-0.1, -0.05) is 12.1 Å². The van der Waals surface area contributed by atoms with Crippen LogP contribution in [-0.4, -0.2) is 48.9 Å². The predicted octanol–water partition coefficient (Wildman–Crippen LogP) is 3.65. The minimum Gasteiger partial charge on any atom is -0.462 e. The fraction of sp³-hybridized carbons (Fsp3) is 0.500. The Hall–Kier alpha value is -2.65. The molecular weight excluding hydrogens is 442 g/mol. The van der Waals surface area contributed by atoms with Crippen LogP contribution < -0.4 is 5.32 Å². The Balaban J connectivity index is 1.91. The quantitative estimate of drug-likeness (QED) is 0.617. The molecule has 180 valence electrons. The third kappa shape index (κ3) is 4.99. The zero-order chi connectivity index (χ0) is 24.3. The fourth-order valence-electron chi connectivity index (χ4n) is 4.56. The molecule has 1 N–H and O–H groups in total. The number of aromatic nitrogens is 1. The van der Waals surface area contributed by atoms with Crippen LogP contribution in [0, 0.1) is 26.7 Å². The van der Waals surface area contributed by atoms with Crippen LogP contribution in [-0.2, 0) is 26.1 Å². The number of aryl methyl sites for hydroxylation is 1. The molecule has 1 aliphatic heterocycles. The topological polar surface area (TPSA) is 97.7 Å². The van der Waals surface area contributed by atoms with E-state index in [9.17, 15) is 18.0 Å². The van der Waals surface area contributed by atoms with Gasteiger partial charge < -0.3 is 14.6 Å². The lowest BCUT2D eigenvalue weighted by molar-refractivity contribution is -0.120. The van der Waals surface area contributed by atoms with E-state index in [1.807, 2.05) is 42.7 Å². The van der Waals surface area contributed by atoms with Crippen LogP contribution >= 0.6 is 0 Å². The molecule has 1 aliphatic rings. The van der Waals surface area contributed by atoms with Gasteiger partial charge in [0.1, 0.15) is 10.5 Å². The number of anilines is 1. The Labute approximate surface area is 196 Å². The van der Waals surface area contributed by atoms with E-state index in [0.29, 0.717) is 43.0 Å². The van der Waals surface area contributed by atoms with Crippen molar-refractivity contribution in [3.63, 3.8) is 0 Å². The molecule has 1 aromatic carbocycles. The highest BCUT2D eigenvalue weighted by Crippen LogP contribution is 2.33. The largest absolute Gasteiger partial charge is 0.462 e. The molecule has 1 atom stereocenters. The van der Waals surface area contributed by atoms with Crippen molar-refractivity contribution in [2.75, 3.05) is 25.0 Å². The van der Waals surface area contributed by atoms with Crippen LogP contribution in [0.25, 0.3) is 0 Å². The summed E-state index contributed by atoms with van der Waals surface area (Å²) in [7, 11) is -4.01. The molecule has 1 amide bonds. The maximum atomic E-state index is 13.8. The second kappa shape index (κ2) is 10.1. The molecule has 1 saturated heterocycles.